The molecule has 0 saturated carbocycles. The zero-order valence-electron chi connectivity index (χ0n) is 52.6. The molecular weight excluding hydrogens is 1010 g/mol. The molecule has 0 fully saturated rings. The van der Waals surface area contributed by atoms with Crippen LogP contribution in [0.4, 0.5) is 0 Å². The van der Waals surface area contributed by atoms with Gasteiger partial charge in [0.2, 0.25) is 0 Å². The second-order valence-electron chi connectivity index (χ2n) is 22.7. The zero-order chi connectivity index (χ0) is 59.1. The van der Waals surface area contributed by atoms with Crippen LogP contribution in [0.25, 0.3) is 0 Å². The Morgan fingerprint density at radius 1 is 0.383 bits per heavy atom. The SMILES string of the molecule is CC/C=C\C/C=C\C/C=C\C/C=C\C/C=C\C/C=C\C/C=C\CCCCCCCCCCCCCCCC(=O)OC(COC(=O)CCCCCCCC/C=C\C/C=C\C/C=C\CCCCCCC)COC(OCC[N+](C)(C)C)C(=O)[O-]. The number of hydrogen-bond donors (Lipinski definition) is 0. The molecule has 9 heteroatoms. The number of esters is 2. The first-order valence-electron chi connectivity index (χ1n) is 32.7. The summed E-state index contributed by atoms with van der Waals surface area (Å²) in [7, 11) is 5.92. The van der Waals surface area contributed by atoms with E-state index in [1.807, 2.05) is 21.1 Å². The van der Waals surface area contributed by atoms with Crippen molar-refractivity contribution >= 4 is 17.9 Å². The summed E-state index contributed by atoms with van der Waals surface area (Å²) in [5.74, 6) is -2.31. The van der Waals surface area contributed by atoms with E-state index in [4.69, 9.17) is 18.9 Å². The third-order valence-electron chi connectivity index (χ3n) is 13.7. The van der Waals surface area contributed by atoms with Crippen LogP contribution in [-0.4, -0.2) is 82.3 Å². The Morgan fingerprint density at radius 2 is 0.704 bits per heavy atom. The van der Waals surface area contributed by atoms with Crippen molar-refractivity contribution in [3.63, 3.8) is 0 Å². The first-order valence-corrected chi connectivity index (χ1v) is 32.7. The maximum absolute atomic E-state index is 12.9. The predicted molar refractivity (Wildman–Crippen MR) is 343 cm³/mol. The Labute approximate surface area is 497 Å². The predicted octanol–water partition coefficient (Wildman–Crippen LogP) is 18.7. The molecular formula is C72H121NO8. The van der Waals surface area contributed by atoms with Gasteiger partial charge in [-0.25, -0.2) is 0 Å². The standard InChI is InChI=1S/C72H121NO8/c1-6-8-10-12-14-16-18-20-22-24-26-28-29-30-31-32-33-34-35-36-37-38-39-40-41-43-45-47-49-51-53-55-57-59-61-63-70(75)81-68(67-80-72(71(76)77)78-65-64-73(3,4)5)66-79-69(74)62-60-58-56-54-52-50-48-46-44-42-27-25-23-21-19-17-15-13-11-9-7-2/h8,10,14,16,19-22,25-28,30-31,33-34,36-37,44,46,68,72H,6-7,9,11-13,15,17-18,23-24,29,32,35,38-43,45,47-67H2,1-5H3/b10-8-,16-14-,21-19-,22-20-,27-25-,28-26-,31-30-,34-33-,37-36-,46-44-. The molecule has 0 amide bonds. The molecule has 462 valence electrons. The molecule has 2 unspecified atom stereocenters. The summed E-state index contributed by atoms with van der Waals surface area (Å²) in [5.41, 5.74) is 0. The van der Waals surface area contributed by atoms with Crippen LogP contribution in [0.15, 0.2) is 122 Å². The number of unbranched alkanes of at least 4 members (excludes halogenated alkanes) is 24. The highest BCUT2D eigenvalue weighted by molar-refractivity contribution is 5.70. The maximum atomic E-state index is 12.9. The van der Waals surface area contributed by atoms with Gasteiger partial charge in [-0.2, -0.15) is 0 Å². The number of nitrogens with zero attached hydrogens (tertiary/aromatic N) is 1. The third-order valence-corrected chi connectivity index (χ3v) is 13.7. The van der Waals surface area contributed by atoms with Gasteiger partial charge in [0.25, 0.3) is 0 Å². The van der Waals surface area contributed by atoms with Crippen LogP contribution >= 0.6 is 0 Å². The van der Waals surface area contributed by atoms with Crippen LogP contribution in [0.5, 0.6) is 0 Å². The number of rotatable bonds is 59. The van der Waals surface area contributed by atoms with Crippen LogP contribution in [0.3, 0.4) is 0 Å². The first-order chi connectivity index (χ1) is 39.6. The van der Waals surface area contributed by atoms with E-state index in [1.54, 1.807) is 0 Å². The molecule has 0 spiro atoms. The molecule has 9 nitrogen and oxygen atoms in total. The number of quaternary nitrogens is 1. The van der Waals surface area contributed by atoms with E-state index in [9.17, 15) is 19.5 Å². The molecule has 0 N–H and O–H groups in total. The smallest absolute Gasteiger partial charge is 0.306 e. The summed E-state index contributed by atoms with van der Waals surface area (Å²) in [6.45, 7) is 4.61. The molecule has 0 aliphatic rings. The fourth-order valence-corrected chi connectivity index (χ4v) is 8.70. The van der Waals surface area contributed by atoms with Crippen LogP contribution in [0.2, 0.25) is 0 Å². The van der Waals surface area contributed by atoms with Gasteiger partial charge in [0, 0.05) is 12.8 Å². The van der Waals surface area contributed by atoms with Crippen molar-refractivity contribution in [1.29, 1.82) is 0 Å². The molecule has 0 aromatic rings. The van der Waals surface area contributed by atoms with Gasteiger partial charge in [-0.1, -0.05) is 257 Å². The Balaban J connectivity index is 4.18. The van der Waals surface area contributed by atoms with Crippen molar-refractivity contribution in [1.82, 2.24) is 0 Å². The normalized spacial score (nSPS) is 13.5. The lowest BCUT2D eigenvalue weighted by Crippen LogP contribution is -2.44. The average molecular weight is 1130 g/mol. The number of carboxylic acid groups (broad SMARTS) is 1. The number of ether oxygens (including phenoxy) is 4. The first kappa shape index (κ1) is 76.7. The highest BCUT2D eigenvalue weighted by Gasteiger charge is 2.22. The summed E-state index contributed by atoms with van der Waals surface area (Å²) >= 11 is 0. The number of carboxylic acids is 1. The zero-order valence-corrected chi connectivity index (χ0v) is 52.6. The highest BCUT2D eigenvalue weighted by atomic mass is 16.7. The van der Waals surface area contributed by atoms with E-state index in [-0.39, 0.29) is 38.6 Å². The van der Waals surface area contributed by atoms with Crippen molar-refractivity contribution in [2.75, 3.05) is 47.5 Å². The minimum atomic E-state index is -1.63. The van der Waals surface area contributed by atoms with Gasteiger partial charge >= 0.3 is 11.9 Å². The number of carbonyl (C=O) groups is 3. The summed E-state index contributed by atoms with van der Waals surface area (Å²) in [5, 5.41) is 11.8. The molecule has 0 bridgehead atoms. The van der Waals surface area contributed by atoms with Gasteiger partial charge < -0.3 is 33.3 Å². The summed E-state index contributed by atoms with van der Waals surface area (Å²) in [6.07, 6.45) is 84.0. The minimum absolute atomic E-state index is 0.140. The Kier molecular flexibility index (Phi) is 58.5. The number of hydrogen-bond acceptors (Lipinski definition) is 8. The van der Waals surface area contributed by atoms with E-state index in [0.717, 1.165) is 109 Å². The van der Waals surface area contributed by atoms with Crippen molar-refractivity contribution in [2.45, 2.75) is 270 Å². The van der Waals surface area contributed by atoms with Crippen LogP contribution in [0.1, 0.15) is 258 Å². The van der Waals surface area contributed by atoms with E-state index >= 15 is 0 Å². The monoisotopic (exact) mass is 1130 g/mol. The van der Waals surface area contributed by atoms with Crippen molar-refractivity contribution in [3.8, 4) is 0 Å². The Morgan fingerprint density at radius 3 is 1.05 bits per heavy atom. The molecule has 0 heterocycles. The van der Waals surface area contributed by atoms with E-state index in [2.05, 4.69) is 135 Å². The van der Waals surface area contributed by atoms with E-state index in [0.29, 0.717) is 17.4 Å². The van der Waals surface area contributed by atoms with E-state index in [1.165, 1.54) is 116 Å². The second-order valence-corrected chi connectivity index (χ2v) is 22.7. The summed E-state index contributed by atoms with van der Waals surface area (Å²) in [4.78, 5) is 37.4. The highest BCUT2D eigenvalue weighted by Crippen LogP contribution is 2.16. The van der Waals surface area contributed by atoms with Gasteiger partial charge in [-0.15, -0.1) is 0 Å². The number of carbonyl (C=O) groups excluding carboxylic acids is 3. The fourth-order valence-electron chi connectivity index (χ4n) is 8.70. The third kappa shape index (κ3) is 63.1. The number of likely N-dealkylation sites (N-methyl/N-ethyl adjacent to an activating group) is 1. The van der Waals surface area contributed by atoms with Gasteiger partial charge in [0.15, 0.2) is 12.4 Å². The molecule has 2 atom stereocenters. The molecule has 0 aliphatic carbocycles. The summed E-state index contributed by atoms with van der Waals surface area (Å²) < 4.78 is 22.7. The Bertz CT molecular complexity index is 1740. The van der Waals surface area contributed by atoms with E-state index < -0.39 is 24.3 Å². The maximum Gasteiger partial charge on any atom is 0.306 e. The van der Waals surface area contributed by atoms with Crippen LogP contribution < -0.4 is 5.11 Å². The Hall–Kier alpha value is -4.31. The molecule has 0 aromatic carbocycles. The van der Waals surface area contributed by atoms with Gasteiger partial charge in [0.05, 0.1) is 40.3 Å². The molecule has 0 saturated heterocycles. The van der Waals surface area contributed by atoms with Crippen LogP contribution in [-0.2, 0) is 33.3 Å². The lowest BCUT2D eigenvalue weighted by molar-refractivity contribution is -0.870. The quantitative estimate of drug-likeness (QED) is 0.0195. The van der Waals surface area contributed by atoms with Gasteiger partial charge in [-0.05, 0) is 109 Å². The number of aliphatic carboxylic acids is 1. The molecule has 0 radical (unpaired) electrons. The van der Waals surface area contributed by atoms with Gasteiger partial charge in [-0.3, -0.25) is 9.59 Å². The molecule has 81 heavy (non-hydrogen) atoms. The molecule has 0 rings (SSSR count). The molecule has 0 aromatic heterocycles. The largest absolute Gasteiger partial charge is 0.545 e. The average Bonchev–Trinajstić information content (AvgIpc) is 3.44. The molecule has 0 aliphatic heterocycles. The lowest BCUT2D eigenvalue weighted by atomic mass is 10.0. The van der Waals surface area contributed by atoms with Crippen molar-refractivity contribution in [3.05, 3.63) is 122 Å². The second kappa shape index (κ2) is 61.8. The van der Waals surface area contributed by atoms with Crippen molar-refractivity contribution < 1.29 is 42.9 Å². The number of allylic oxidation sites excluding steroid dienone is 20. The van der Waals surface area contributed by atoms with Gasteiger partial charge in [0.1, 0.15) is 13.2 Å². The summed E-state index contributed by atoms with van der Waals surface area (Å²) in [6, 6.07) is 0. The van der Waals surface area contributed by atoms with Crippen LogP contribution in [0, 0.1) is 0 Å². The lowest BCUT2D eigenvalue weighted by Gasteiger charge is -2.26. The minimum Gasteiger partial charge on any atom is -0.545 e. The topological polar surface area (TPSA) is 111 Å². The fraction of sp³-hybridized carbons (Fsp3) is 0.681. The van der Waals surface area contributed by atoms with Crippen molar-refractivity contribution in [2.24, 2.45) is 0 Å².